The average Bonchev–Trinajstić information content (AvgIpc) is 2.81. The minimum Gasteiger partial charge on any atom is -0.496 e. The molecule has 168 valence electrons. The summed E-state index contributed by atoms with van der Waals surface area (Å²) in [6.07, 6.45) is 1.38. The first kappa shape index (κ1) is 23.3. The molecule has 0 heterocycles. The zero-order valence-electron chi connectivity index (χ0n) is 17.7. The van der Waals surface area contributed by atoms with Gasteiger partial charge in [0.05, 0.1) is 17.7 Å². The van der Waals surface area contributed by atoms with Crippen LogP contribution < -0.4 is 14.4 Å². The number of sulfonamides is 1. The molecule has 0 bridgehead atoms. The molecule has 3 aromatic carbocycles. The van der Waals surface area contributed by atoms with Crippen molar-refractivity contribution in [1.82, 2.24) is 5.32 Å². The normalized spacial score (nSPS) is 11.1. The van der Waals surface area contributed by atoms with Gasteiger partial charge in [0, 0.05) is 6.54 Å². The Morgan fingerprint density at radius 3 is 2.31 bits per heavy atom. The highest BCUT2D eigenvalue weighted by atomic mass is 32.2. The Morgan fingerprint density at radius 1 is 0.969 bits per heavy atom. The lowest BCUT2D eigenvalue weighted by molar-refractivity contribution is -0.119. The number of hydrogen-bond donors (Lipinski definition) is 1. The average molecular weight is 457 g/mol. The van der Waals surface area contributed by atoms with Crippen LogP contribution in [0.15, 0.2) is 83.8 Å². The Morgan fingerprint density at radius 2 is 1.62 bits per heavy atom. The summed E-state index contributed by atoms with van der Waals surface area (Å²) in [6, 6.07) is 20.5. The highest BCUT2D eigenvalue weighted by molar-refractivity contribution is 7.92. The van der Waals surface area contributed by atoms with Crippen LogP contribution in [-0.4, -0.2) is 34.5 Å². The summed E-state index contributed by atoms with van der Waals surface area (Å²) < 4.78 is 46.0. The molecule has 0 saturated heterocycles. The molecule has 0 aliphatic carbocycles. The Kier molecular flexibility index (Phi) is 7.83. The van der Waals surface area contributed by atoms with Crippen LogP contribution in [0, 0.1) is 5.82 Å². The van der Waals surface area contributed by atoms with Crippen LogP contribution >= 0.6 is 0 Å². The van der Waals surface area contributed by atoms with Gasteiger partial charge in [0.15, 0.2) is 0 Å². The number of halogens is 1. The van der Waals surface area contributed by atoms with Gasteiger partial charge in [-0.05, 0) is 60.9 Å². The summed E-state index contributed by atoms with van der Waals surface area (Å²) in [5, 5.41) is 2.78. The fraction of sp³-hybridized carbons (Fsp3) is 0.208. The number of hydrogen-bond acceptors (Lipinski definition) is 4. The lowest BCUT2D eigenvalue weighted by Crippen LogP contribution is -2.41. The molecule has 8 heteroatoms. The topological polar surface area (TPSA) is 75.7 Å². The third kappa shape index (κ3) is 5.85. The van der Waals surface area contributed by atoms with Crippen molar-refractivity contribution in [2.45, 2.75) is 17.7 Å². The molecule has 0 saturated carbocycles. The van der Waals surface area contributed by atoms with Crippen LogP contribution in [0.3, 0.4) is 0 Å². The first-order valence-corrected chi connectivity index (χ1v) is 11.6. The molecule has 32 heavy (non-hydrogen) atoms. The van der Waals surface area contributed by atoms with Crippen LogP contribution in [0.5, 0.6) is 5.75 Å². The maximum Gasteiger partial charge on any atom is 0.264 e. The van der Waals surface area contributed by atoms with Crippen LogP contribution in [-0.2, 0) is 21.2 Å². The van der Waals surface area contributed by atoms with E-state index in [1.165, 1.54) is 12.1 Å². The van der Waals surface area contributed by atoms with Crippen LogP contribution in [0.4, 0.5) is 10.1 Å². The van der Waals surface area contributed by atoms with Crippen molar-refractivity contribution in [3.8, 4) is 5.75 Å². The molecule has 3 rings (SSSR count). The number of nitrogens with zero attached hydrogens (tertiary/aromatic N) is 1. The van der Waals surface area contributed by atoms with Crippen molar-refractivity contribution >= 4 is 21.6 Å². The minimum atomic E-state index is -4.06. The predicted molar refractivity (Wildman–Crippen MR) is 122 cm³/mol. The highest BCUT2D eigenvalue weighted by Crippen LogP contribution is 2.23. The Labute approximate surface area is 187 Å². The smallest absolute Gasteiger partial charge is 0.264 e. The highest BCUT2D eigenvalue weighted by Gasteiger charge is 2.27. The first-order valence-electron chi connectivity index (χ1n) is 10.1. The second-order valence-electron chi connectivity index (χ2n) is 7.07. The van der Waals surface area contributed by atoms with Gasteiger partial charge in [0.25, 0.3) is 10.0 Å². The van der Waals surface area contributed by atoms with Gasteiger partial charge in [-0.2, -0.15) is 0 Å². The van der Waals surface area contributed by atoms with E-state index in [1.54, 1.807) is 37.4 Å². The van der Waals surface area contributed by atoms with Crippen LogP contribution in [0.2, 0.25) is 0 Å². The second-order valence-corrected chi connectivity index (χ2v) is 8.93. The van der Waals surface area contributed by atoms with E-state index < -0.39 is 28.3 Å². The van der Waals surface area contributed by atoms with E-state index in [0.717, 1.165) is 27.8 Å². The lowest BCUT2D eigenvalue weighted by atomic mass is 10.1. The van der Waals surface area contributed by atoms with E-state index in [0.29, 0.717) is 25.1 Å². The summed E-state index contributed by atoms with van der Waals surface area (Å²) in [5.74, 6) is -0.179. The van der Waals surface area contributed by atoms with Gasteiger partial charge in [0.2, 0.25) is 5.91 Å². The monoisotopic (exact) mass is 456 g/mol. The van der Waals surface area contributed by atoms with Gasteiger partial charge in [-0.25, -0.2) is 12.8 Å². The zero-order chi connectivity index (χ0) is 23.0. The standard InChI is InChI=1S/C24H25FN2O4S/c1-31-23-12-6-5-8-19(23)9-7-17-26-24(28)18-27(21-10-3-2-4-11-21)32(29,30)22-15-13-20(25)14-16-22/h2-6,8,10-16H,7,9,17-18H2,1H3,(H,26,28). The van der Waals surface area contributed by atoms with Gasteiger partial charge in [-0.3, -0.25) is 9.10 Å². The minimum absolute atomic E-state index is 0.0910. The van der Waals surface area contributed by atoms with Crippen molar-refractivity contribution in [2.75, 3.05) is 24.5 Å². The number of nitrogens with one attached hydrogen (secondary N) is 1. The van der Waals surface area contributed by atoms with Gasteiger partial charge in [-0.1, -0.05) is 36.4 Å². The summed E-state index contributed by atoms with van der Waals surface area (Å²) in [7, 11) is -2.45. The van der Waals surface area contributed by atoms with E-state index in [2.05, 4.69) is 5.32 Å². The number of para-hydroxylation sites is 2. The Balaban J connectivity index is 1.67. The van der Waals surface area contributed by atoms with E-state index in [4.69, 9.17) is 4.74 Å². The van der Waals surface area contributed by atoms with Crippen molar-refractivity contribution in [1.29, 1.82) is 0 Å². The van der Waals surface area contributed by atoms with E-state index in [-0.39, 0.29) is 4.90 Å². The second kappa shape index (κ2) is 10.8. The molecule has 0 aromatic heterocycles. The maximum atomic E-state index is 13.3. The first-order chi connectivity index (χ1) is 15.4. The summed E-state index contributed by atoms with van der Waals surface area (Å²) in [5.41, 5.74) is 1.38. The van der Waals surface area contributed by atoms with E-state index >= 15 is 0 Å². The summed E-state index contributed by atoms with van der Waals surface area (Å²) >= 11 is 0. The van der Waals surface area contributed by atoms with Gasteiger partial charge in [0.1, 0.15) is 18.1 Å². The molecule has 6 nitrogen and oxygen atoms in total. The third-order valence-corrected chi connectivity index (χ3v) is 6.66. The largest absolute Gasteiger partial charge is 0.496 e. The number of benzene rings is 3. The van der Waals surface area contributed by atoms with Crippen molar-refractivity contribution in [3.05, 3.63) is 90.2 Å². The fourth-order valence-electron chi connectivity index (χ4n) is 3.25. The number of carbonyl (C=O) groups is 1. The van der Waals surface area contributed by atoms with Crippen molar-refractivity contribution in [2.24, 2.45) is 0 Å². The molecule has 1 N–H and O–H groups in total. The number of carbonyl (C=O) groups excluding carboxylic acids is 1. The molecule has 0 aliphatic rings. The molecule has 0 fully saturated rings. The molecule has 0 radical (unpaired) electrons. The quantitative estimate of drug-likeness (QED) is 0.471. The molecule has 0 aliphatic heterocycles. The number of aryl methyl sites for hydroxylation is 1. The predicted octanol–water partition coefficient (Wildman–Crippen LogP) is 3.78. The zero-order valence-corrected chi connectivity index (χ0v) is 18.5. The molecule has 1 amide bonds. The Bertz CT molecular complexity index is 1140. The van der Waals surface area contributed by atoms with Crippen molar-refractivity contribution in [3.63, 3.8) is 0 Å². The van der Waals surface area contributed by atoms with E-state index in [1.807, 2.05) is 24.3 Å². The SMILES string of the molecule is COc1ccccc1CCCNC(=O)CN(c1ccccc1)S(=O)(=O)c1ccc(F)cc1. The van der Waals surface area contributed by atoms with Gasteiger partial charge in [-0.15, -0.1) is 0 Å². The Hall–Kier alpha value is -3.39. The lowest BCUT2D eigenvalue weighted by Gasteiger charge is -2.24. The summed E-state index contributed by atoms with van der Waals surface area (Å²) in [4.78, 5) is 12.5. The fourth-order valence-corrected chi connectivity index (χ4v) is 4.67. The number of ether oxygens (including phenoxy) is 1. The van der Waals surface area contributed by atoms with Gasteiger partial charge < -0.3 is 10.1 Å². The molecule has 0 atom stereocenters. The van der Waals surface area contributed by atoms with Crippen LogP contribution in [0.1, 0.15) is 12.0 Å². The van der Waals surface area contributed by atoms with Crippen LogP contribution in [0.25, 0.3) is 0 Å². The number of amides is 1. The molecule has 0 spiro atoms. The third-order valence-electron chi connectivity index (χ3n) is 4.87. The van der Waals surface area contributed by atoms with E-state index in [9.17, 15) is 17.6 Å². The summed E-state index contributed by atoms with van der Waals surface area (Å²) in [6.45, 7) is -0.00547. The molecule has 0 unspecified atom stereocenters. The maximum absolute atomic E-state index is 13.3. The molecular weight excluding hydrogens is 431 g/mol. The molecular formula is C24H25FN2O4S. The number of rotatable bonds is 10. The number of anilines is 1. The van der Waals surface area contributed by atoms with Gasteiger partial charge >= 0.3 is 0 Å². The number of methoxy groups -OCH3 is 1. The van der Waals surface area contributed by atoms with Crippen molar-refractivity contribution < 1.29 is 22.3 Å². The molecule has 3 aromatic rings.